The summed E-state index contributed by atoms with van der Waals surface area (Å²) in [6.07, 6.45) is -0.514. The molecule has 2 aromatic rings. The van der Waals surface area contributed by atoms with Crippen molar-refractivity contribution in [3.63, 3.8) is 0 Å². The number of rotatable bonds is 4. The molecule has 0 aromatic heterocycles. The largest absolute Gasteiger partial charge is 0.466 e. The van der Waals surface area contributed by atoms with E-state index in [0.29, 0.717) is 22.1 Å². The summed E-state index contributed by atoms with van der Waals surface area (Å²) in [6, 6.07) is 10.4. The highest BCUT2D eigenvalue weighted by Gasteiger charge is 2.77. The molecular formula is C24H22N2O6. The van der Waals surface area contributed by atoms with Gasteiger partial charge in [0.1, 0.15) is 5.60 Å². The zero-order chi connectivity index (χ0) is 22.8. The molecule has 8 heteroatoms. The average molecular weight is 434 g/mol. The number of amides is 2. The molecule has 3 fully saturated rings. The molecule has 3 saturated heterocycles. The summed E-state index contributed by atoms with van der Waals surface area (Å²) >= 11 is 0. The lowest BCUT2D eigenvalue weighted by atomic mass is 9.66. The summed E-state index contributed by atoms with van der Waals surface area (Å²) in [5.74, 6) is -2.87. The molecule has 2 unspecified atom stereocenters. The third-order valence-electron chi connectivity index (χ3n) is 7.18. The van der Waals surface area contributed by atoms with Crippen molar-refractivity contribution in [2.45, 2.75) is 44.0 Å². The Morgan fingerprint density at radius 1 is 1.22 bits per heavy atom. The van der Waals surface area contributed by atoms with Gasteiger partial charge in [0.25, 0.3) is 0 Å². The van der Waals surface area contributed by atoms with E-state index in [1.807, 2.05) is 0 Å². The molecule has 0 aliphatic carbocycles. The summed E-state index contributed by atoms with van der Waals surface area (Å²) in [5.41, 5.74) is -1.42. The molecule has 164 valence electrons. The van der Waals surface area contributed by atoms with Gasteiger partial charge < -0.3 is 14.6 Å². The standard InChI is InChI=1S/C24H22N2O6/c1-13(27)31-11-10-24-12-18(28)23(2,32-24)19-20(24)22(30)26(21(19)29)17-9-8-16(25-3)14-6-4-5-7-15(14)17/h4-9,18-20,28H,10-12H2,1-2H3/t18-,19-,20+,23?,24?/m1/s1. The van der Waals surface area contributed by atoms with Crippen LogP contribution in [0.2, 0.25) is 0 Å². The van der Waals surface area contributed by atoms with E-state index in [1.165, 1.54) is 11.8 Å². The minimum atomic E-state index is -1.20. The third kappa shape index (κ3) is 2.58. The Morgan fingerprint density at radius 2 is 1.91 bits per heavy atom. The lowest BCUT2D eigenvalue weighted by Gasteiger charge is -2.33. The molecule has 0 saturated carbocycles. The second-order valence-electron chi connectivity index (χ2n) is 8.89. The van der Waals surface area contributed by atoms with Crippen LogP contribution in [-0.2, 0) is 23.9 Å². The molecule has 3 heterocycles. The zero-order valence-corrected chi connectivity index (χ0v) is 17.7. The summed E-state index contributed by atoms with van der Waals surface area (Å²) in [7, 11) is 0. The number of nitrogens with zero attached hydrogens (tertiary/aromatic N) is 2. The van der Waals surface area contributed by atoms with Gasteiger partial charge in [-0.2, -0.15) is 0 Å². The lowest BCUT2D eigenvalue weighted by Crippen LogP contribution is -2.49. The van der Waals surface area contributed by atoms with E-state index in [4.69, 9.17) is 16.0 Å². The second-order valence-corrected chi connectivity index (χ2v) is 8.89. The highest BCUT2D eigenvalue weighted by Crippen LogP contribution is 2.62. The highest BCUT2D eigenvalue weighted by molar-refractivity contribution is 6.26. The molecule has 3 aliphatic rings. The van der Waals surface area contributed by atoms with Crippen LogP contribution in [-0.4, -0.2) is 46.8 Å². The van der Waals surface area contributed by atoms with Crippen LogP contribution in [0.3, 0.4) is 0 Å². The number of ether oxygens (including phenoxy) is 2. The maximum absolute atomic E-state index is 13.7. The second kappa shape index (κ2) is 6.86. The first-order valence-corrected chi connectivity index (χ1v) is 10.5. The van der Waals surface area contributed by atoms with Crippen molar-refractivity contribution in [3.05, 3.63) is 47.8 Å². The first-order valence-electron chi connectivity index (χ1n) is 10.5. The molecule has 5 atom stereocenters. The van der Waals surface area contributed by atoms with Gasteiger partial charge in [-0.25, -0.2) is 9.74 Å². The van der Waals surface area contributed by atoms with Gasteiger partial charge in [0, 0.05) is 19.8 Å². The Labute approximate surface area is 184 Å². The van der Waals surface area contributed by atoms with Crippen LogP contribution < -0.4 is 4.90 Å². The topological polar surface area (TPSA) is 97.5 Å². The van der Waals surface area contributed by atoms with Gasteiger partial charge in [0.2, 0.25) is 11.8 Å². The molecule has 5 rings (SSSR count). The van der Waals surface area contributed by atoms with Crippen LogP contribution >= 0.6 is 0 Å². The van der Waals surface area contributed by atoms with Crippen LogP contribution in [0.15, 0.2) is 36.4 Å². The fourth-order valence-electron chi connectivity index (χ4n) is 5.79. The third-order valence-corrected chi connectivity index (χ3v) is 7.18. The Balaban J connectivity index is 1.59. The predicted molar refractivity (Wildman–Crippen MR) is 114 cm³/mol. The van der Waals surface area contributed by atoms with Crippen LogP contribution in [0, 0.1) is 18.4 Å². The van der Waals surface area contributed by atoms with E-state index in [2.05, 4.69) is 4.85 Å². The normalized spacial score (nSPS) is 32.9. The molecule has 2 amide bonds. The summed E-state index contributed by atoms with van der Waals surface area (Å²) < 4.78 is 11.3. The molecule has 32 heavy (non-hydrogen) atoms. The van der Waals surface area contributed by atoms with Crippen molar-refractivity contribution in [1.29, 1.82) is 0 Å². The molecule has 2 bridgehead atoms. The summed E-state index contributed by atoms with van der Waals surface area (Å²) in [4.78, 5) is 43.3. The van der Waals surface area contributed by atoms with Gasteiger partial charge in [-0.05, 0) is 23.8 Å². The van der Waals surface area contributed by atoms with Crippen molar-refractivity contribution < 1.29 is 29.0 Å². The Hall–Kier alpha value is -3.28. The number of esters is 1. The fourth-order valence-corrected chi connectivity index (χ4v) is 5.79. The predicted octanol–water partition coefficient (Wildman–Crippen LogP) is 2.74. The molecule has 0 spiro atoms. The maximum atomic E-state index is 13.7. The van der Waals surface area contributed by atoms with E-state index in [-0.39, 0.29) is 25.4 Å². The summed E-state index contributed by atoms with van der Waals surface area (Å²) in [5, 5.41) is 12.0. The van der Waals surface area contributed by atoms with E-state index >= 15 is 0 Å². The van der Waals surface area contributed by atoms with E-state index in [9.17, 15) is 19.5 Å². The van der Waals surface area contributed by atoms with Crippen molar-refractivity contribution in [3.8, 4) is 0 Å². The molecule has 2 aromatic carbocycles. The Bertz CT molecular complexity index is 1220. The number of carbonyl (C=O) groups is 3. The number of hydrogen-bond donors (Lipinski definition) is 1. The maximum Gasteiger partial charge on any atom is 0.302 e. The minimum absolute atomic E-state index is 0.0332. The first kappa shape index (κ1) is 20.6. The number of anilines is 1. The molecular weight excluding hydrogens is 412 g/mol. The van der Waals surface area contributed by atoms with Crippen LogP contribution in [0.5, 0.6) is 0 Å². The van der Waals surface area contributed by atoms with Crippen molar-refractivity contribution in [2.75, 3.05) is 11.5 Å². The smallest absolute Gasteiger partial charge is 0.302 e. The van der Waals surface area contributed by atoms with Gasteiger partial charge in [-0.15, -0.1) is 0 Å². The van der Waals surface area contributed by atoms with Gasteiger partial charge in [0.15, 0.2) is 5.69 Å². The number of aliphatic hydroxyl groups excluding tert-OH is 1. The van der Waals surface area contributed by atoms with Crippen molar-refractivity contribution in [2.24, 2.45) is 11.8 Å². The number of fused-ring (bicyclic) bond motifs is 6. The quantitative estimate of drug-likeness (QED) is 0.452. The van der Waals surface area contributed by atoms with Crippen LogP contribution in [0.4, 0.5) is 11.4 Å². The fraction of sp³-hybridized carbons (Fsp3) is 0.417. The summed E-state index contributed by atoms with van der Waals surface area (Å²) in [6.45, 7) is 10.4. The van der Waals surface area contributed by atoms with E-state index in [1.54, 1.807) is 43.3 Å². The van der Waals surface area contributed by atoms with Gasteiger partial charge in [0.05, 0.1) is 42.4 Å². The van der Waals surface area contributed by atoms with Gasteiger partial charge in [-0.3, -0.25) is 14.4 Å². The highest BCUT2D eigenvalue weighted by atomic mass is 16.6. The van der Waals surface area contributed by atoms with Crippen molar-refractivity contribution >= 4 is 39.9 Å². The zero-order valence-electron chi connectivity index (χ0n) is 17.7. The van der Waals surface area contributed by atoms with Crippen molar-refractivity contribution in [1.82, 2.24) is 0 Å². The number of imide groups is 1. The monoisotopic (exact) mass is 434 g/mol. The number of aliphatic hydroxyl groups is 1. The number of hydrogen-bond acceptors (Lipinski definition) is 6. The first-order chi connectivity index (χ1) is 15.2. The number of carbonyl (C=O) groups excluding carboxylic acids is 3. The SMILES string of the molecule is [C-]#[N+]c1ccc(N2C(=O)[C@@H]3[C@H](C2=O)C2(C)OC3(CCOC(C)=O)C[C@H]2O)c2ccccc12. The van der Waals surface area contributed by atoms with Gasteiger partial charge >= 0.3 is 5.97 Å². The average Bonchev–Trinajstić information content (AvgIpc) is 3.29. The van der Waals surface area contributed by atoms with Gasteiger partial charge in [-0.1, -0.05) is 30.3 Å². The lowest BCUT2D eigenvalue weighted by molar-refractivity contribution is -0.144. The number of benzene rings is 2. The Kier molecular flexibility index (Phi) is 4.42. The van der Waals surface area contributed by atoms with E-state index < -0.39 is 41.0 Å². The molecule has 0 radical (unpaired) electrons. The minimum Gasteiger partial charge on any atom is -0.466 e. The molecule has 1 N–H and O–H groups in total. The van der Waals surface area contributed by atoms with Crippen LogP contribution in [0.25, 0.3) is 15.6 Å². The molecule has 3 aliphatic heterocycles. The van der Waals surface area contributed by atoms with E-state index in [0.717, 1.165) is 0 Å². The van der Waals surface area contributed by atoms with Crippen LogP contribution in [0.1, 0.15) is 26.7 Å². The Morgan fingerprint density at radius 3 is 2.59 bits per heavy atom. The molecule has 8 nitrogen and oxygen atoms in total.